The molecule has 1 unspecified atom stereocenters. The van der Waals surface area contributed by atoms with Crippen LogP contribution in [0.25, 0.3) is 0 Å². The molecule has 0 saturated carbocycles. The maximum absolute atomic E-state index is 12.4. The topological polar surface area (TPSA) is 76.9 Å². The highest BCUT2D eigenvalue weighted by molar-refractivity contribution is 9.10. The Morgan fingerprint density at radius 2 is 2.19 bits per heavy atom. The van der Waals surface area contributed by atoms with Gasteiger partial charge in [-0.1, -0.05) is 22.0 Å². The highest BCUT2D eigenvalue weighted by Crippen LogP contribution is 2.22. The second-order valence-corrected chi connectivity index (χ2v) is 7.66. The van der Waals surface area contributed by atoms with Gasteiger partial charge < -0.3 is 4.57 Å². The number of halogens is 1. The summed E-state index contributed by atoms with van der Waals surface area (Å²) in [4.78, 5) is 0.227. The largest absolute Gasteiger partial charge is 0.314 e. The Labute approximate surface area is 131 Å². The fraction of sp³-hybridized carbons (Fsp3) is 0.385. The van der Waals surface area contributed by atoms with Gasteiger partial charge in [-0.25, -0.2) is 13.1 Å². The monoisotopic (exact) mass is 370 g/mol. The molecule has 2 heterocycles. The number of nitrogens with zero attached hydrogens (tertiary/aromatic N) is 3. The number of sulfonamides is 1. The molecule has 8 heteroatoms. The molecule has 1 aromatic heterocycles. The van der Waals surface area contributed by atoms with Gasteiger partial charge in [-0.15, -0.1) is 10.2 Å². The van der Waals surface area contributed by atoms with E-state index in [2.05, 4.69) is 30.8 Å². The van der Waals surface area contributed by atoms with Gasteiger partial charge in [0.25, 0.3) is 0 Å². The van der Waals surface area contributed by atoms with Crippen LogP contribution in [-0.4, -0.2) is 23.2 Å². The molecule has 0 radical (unpaired) electrons. The van der Waals surface area contributed by atoms with Crippen LogP contribution in [0.5, 0.6) is 0 Å². The summed E-state index contributed by atoms with van der Waals surface area (Å²) in [6.45, 7) is 2.63. The smallest absolute Gasteiger partial charge is 0.241 e. The van der Waals surface area contributed by atoms with Crippen molar-refractivity contribution in [1.82, 2.24) is 19.5 Å². The van der Waals surface area contributed by atoms with Crippen molar-refractivity contribution < 1.29 is 8.42 Å². The van der Waals surface area contributed by atoms with Crippen LogP contribution >= 0.6 is 15.9 Å². The van der Waals surface area contributed by atoms with E-state index in [0.29, 0.717) is 5.82 Å². The zero-order chi connectivity index (χ0) is 15.0. The lowest BCUT2D eigenvalue weighted by atomic mass is 10.3. The average molecular weight is 371 g/mol. The Kier molecular flexibility index (Phi) is 3.85. The zero-order valence-corrected chi connectivity index (χ0v) is 13.9. The number of aryl methyl sites for hydroxylation is 1. The Morgan fingerprint density at radius 3 is 2.95 bits per heavy atom. The van der Waals surface area contributed by atoms with E-state index in [0.717, 1.165) is 29.7 Å². The summed E-state index contributed by atoms with van der Waals surface area (Å²) < 4.78 is 30.2. The predicted octanol–water partition coefficient (Wildman–Crippen LogP) is 2.03. The van der Waals surface area contributed by atoms with Crippen LogP contribution in [0.4, 0.5) is 0 Å². The van der Waals surface area contributed by atoms with E-state index in [1.165, 1.54) is 0 Å². The lowest BCUT2D eigenvalue weighted by molar-refractivity contribution is 0.546. The minimum atomic E-state index is -3.59. The van der Waals surface area contributed by atoms with Gasteiger partial charge in [-0.05, 0) is 31.5 Å². The fourth-order valence-corrected chi connectivity index (χ4v) is 4.28. The number of nitrogens with one attached hydrogen (secondary N) is 1. The van der Waals surface area contributed by atoms with Gasteiger partial charge in [0.15, 0.2) is 5.82 Å². The lowest BCUT2D eigenvalue weighted by Gasteiger charge is -2.14. The number of fused-ring (bicyclic) bond motifs is 1. The second-order valence-electron chi connectivity index (χ2n) is 5.03. The average Bonchev–Trinajstić information content (AvgIpc) is 3.00. The standard InChI is InChI=1S/C13H15BrN4O2S/c1-9(13-16-15-12-6-3-7-18(12)13)17-21(19,20)11-5-2-4-10(14)8-11/h2,4-5,8-9,17H,3,6-7H2,1H3. The summed E-state index contributed by atoms with van der Waals surface area (Å²) in [5.41, 5.74) is 0. The Morgan fingerprint density at radius 1 is 1.38 bits per heavy atom. The first-order chi connectivity index (χ1) is 9.97. The number of rotatable bonds is 4. The van der Waals surface area contributed by atoms with Crippen molar-refractivity contribution in [3.05, 3.63) is 40.4 Å². The lowest BCUT2D eigenvalue weighted by Crippen LogP contribution is -2.28. The molecule has 0 amide bonds. The van der Waals surface area contributed by atoms with Gasteiger partial charge in [-0.2, -0.15) is 0 Å². The molecule has 1 aliphatic heterocycles. The molecule has 0 aliphatic carbocycles. The molecular formula is C13H15BrN4O2S. The van der Waals surface area contributed by atoms with E-state index in [-0.39, 0.29) is 4.90 Å². The first kappa shape index (κ1) is 14.7. The first-order valence-corrected chi connectivity index (χ1v) is 8.95. The maximum atomic E-state index is 12.4. The molecular weight excluding hydrogens is 356 g/mol. The van der Waals surface area contributed by atoms with Gasteiger partial charge >= 0.3 is 0 Å². The van der Waals surface area contributed by atoms with Crippen LogP contribution in [0.2, 0.25) is 0 Å². The van der Waals surface area contributed by atoms with Crippen molar-refractivity contribution in [1.29, 1.82) is 0 Å². The second kappa shape index (κ2) is 5.51. The van der Waals surface area contributed by atoms with Crippen LogP contribution in [0.1, 0.15) is 31.0 Å². The zero-order valence-electron chi connectivity index (χ0n) is 11.5. The van der Waals surface area contributed by atoms with Crippen molar-refractivity contribution in [2.24, 2.45) is 0 Å². The molecule has 1 N–H and O–H groups in total. The summed E-state index contributed by atoms with van der Waals surface area (Å²) in [6, 6.07) is 6.19. The van der Waals surface area contributed by atoms with E-state index in [4.69, 9.17) is 0 Å². The van der Waals surface area contributed by atoms with E-state index in [1.807, 2.05) is 4.57 Å². The fourth-order valence-electron chi connectivity index (χ4n) is 2.48. The van der Waals surface area contributed by atoms with Crippen LogP contribution < -0.4 is 4.72 Å². The molecule has 0 fully saturated rings. The predicted molar refractivity (Wildman–Crippen MR) is 81.2 cm³/mol. The number of hydrogen-bond donors (Lipinski definition) is 1. The SMILES string of the molecule is CC(NS(=O)(=O)c1cccc(Br)c1)c1nnc2n1CCC2. The van der Waals surface area contributed by atoms with Crippen molar-refractivity contribution in [3.63, 3.8) is 0 Å². The number of benzene rings is 1. The van der Waals surface area contributed by atoms with Crippen molar-refractivity contribution in [2.45, 2.75) is 37.2 Å². The summed E-state index contributed by atoms with van der Waals surface area (Å²) in [5, 5.41) is 8.22. The molecule has 1 aromatic carbocycles. The summed E-state index contributed by atoms with van der Waals surface area (Å²) >= 11 is 3.28. The van der Waals surface area contributed by atoms with Gasteiger partial charge in [0.05, 0.1) is 10.9 Å². The van der Waals surface area contributed by atoms with E-state index in [9.17, 15) is 8.42 Å². The van der Waals surface area contributed by atoms with Gasteiger partial charge in [-0.3, -0.25) is 0 Å². The molecule has 1 atom stereocenters. The van der Waals surface area contributed by atoms with E-state index >= 15 is 0 Å². The van der Waals surface area contributed by atoms with Gasteiger partial charge in [0.1, 0.15) is 5.82 Å². The molecule has 0 spiro atoms. The highest BCUT2D eigenvalue weighted by atomic mass is 79.9. The molecule has 0 saturated heterocycles. The summed E-state index contributed by atoms with van der Waals surface area (Å²) in [6.07, 6.45) is 1.93. The Bertz CT molecular complexity index is 772. The van der Waals surface area contributed by atoms with E-state index in [1.54, 1.807) is 31.2 Å². The minimum Gasteiger partial charge on any atom is -0.314 e. The van der Waals surface area contributed by atoms with E-state index < -0.39 is 16.1 Å². The van der Waals surface area contributed by atoms with Crippen LogP contribution in [0.15, 0.2) is 33.6 Å². The Hall–Kier alpha value is -1.25. The molecule has 2 aromatic rings. The van der Waals surface area contributed by atoms with Crippen LogP contribution in [-0.2, 0) is 23.0 Å². The van der Waals surface area contributed by atoms with Crippen LogP contribution in [0.3, 0.4) is 0 Å². The third-order valence-corrected chi connectivity index (χ3v) is 5.50. The quantitative estimate of drug-likeness (QED) is 0.892. The maximum Gasteiger partial charge on any atom is 0.241 e. The van der Waals surface area contributed by atoms with Crippen molar-refractivity contribution in [2.75, 3.05) is 0 Å². The van der Waals surface area contributed by atoms with Crippen molar-refractivity contribution >= 4 is 26.0 Å². The van der Waals surface area contributed by atoms with Gasteiger partial charge in [0, 0.05) is 17.4 Å². The molecule has 21 heavy (non-hydrogen) atoms. The number of hydrogen-bond acceptors (Lipinski definition) is 4. The number of aromatic nitrogens is 3. The van der Waals surface area contributed by atoms with Gasteiger partial charge in [0.2, 0.25) is 10.0 Å². The molecule has 112 valence electrons. The molecule has 6 nitrogen and oxygen atoms in total. The first-order valence-electron chi connectivity index (χ1n) is 6.67. The molecule has 1 aliphatic rings. The summed E-state index contributed by atoms with van der Waals surface area (Å²) in [7, 11) is -3.59. The summed E-state index contributed by atoms with van der Waals surface area (Å²) in [5.74, 6) is 1.60. The highest BCUT2D eigenvalue weighted by Gasteiger charge is 2.25. The minimum absolute atomic E-state index is 0.227. The molecule has 0 bridgehead atoms. The molecule has 3 rings (SSSR count). The normalized spacial score (nSPS) is 15.9. The third-order valence-electron chi connectivity index (χ3n) is 3.46. The van der Waals surface area contributed by atoms with Crippen molar-refractivity contribution in [3.8, 4) is 0 Å². The third kappa shape index (κ3) is 2.88. The van der Waals surface area contributed by atoms with Crippen LogP contribution in [0, 0.1) is 0 Å². The Balaban J connectivity index is 1.85.